The van der Waals surface area contributed by atoms with Crippen LogP contribution < -0.4 is 10.2 Å². The Balaban J connectivity index is 2.11. The summed E-state index contributed by atoms with van der Waals surface area (Å²) in [5, 5.41) is 12.6. The molecule has 0 saturated heterocycles. The third-order valence-electron chi connectivity index (χ3n) is 3.79. The van der Waals surface area contributed by atoms with Crippen molar-refractivity contribution in [2.45, 2.75) is 26.4 Å². The van der Waals surface area contributed by atoms with Gasteiger partial charge in [0.15, 0.2) is 5.76 Å². The highest BCUT2D eigenvalue weighted by atomic mass is 16.3. The van der Waals surface area contributed by atoms with E-state index in [1.54, 1.807) is 43.4 Å². The molecule has 25 heavy (non-hydrogen) atoms. The van der Waals surface area contributed by atoms with Gasteiger partial charge in [0, 0.05) is 13.6 Å². The van der Waals surface area contributed by atoms with E-state index >= 15 is 0 Å². The maximum absolute atomic E-state index is 12.5. The molecule has 0 bridgehead atoms. The molecule has 2 N–H and O–H groups in total. The van der Waals surface area contributed by atoms with Crippen molar-refractivity contribution in [1.82, 2.24) is 5.32 Å². The fourth-order valence-corrected chi connectivity index (χ4v) is 2.57. The molecule has 1 heterocycles. The van der Waals surface area contributed by atoms with Gasteiger partial charge in [-0.2, -0.15) is 0 Å². The van der Waals surface area contributed by atoms with Crippen molar-refractivity contribution in [3.8, 4) is 0 Å². The van der Waals surface area contributed by atoms with Crippen molar-refractivity contribution in [1.29, 1.82) is 0 Å². The Hall–Kier alpha value is -2.60. The molecular weight excluding hydrogens is 320 g/mol. The predicted octanol–water partition coefficient (Wildman–Crippen LogP) is 2.69. The first-order valence-corrected chi connectivity index (χ1v) is 8.27. The highest BCUT2D eigenvalue weighted by Gasteiger charge is 2.21. The number of carbonyl (C=O) groups excluding carboxylic acids is 2. The molecule has 1 atom stereocenters. The van der Waals surface area contributed by atoms with Crippen molar-refractivity contribution in [2.75, 3.05) is 18.5 Å². The van der Waals surface area contributed by atoms with Crippen LogP contribution in [-0.4, -0.2) is 36.6 Å². The zero-order valence-electron chi connectivity index (χ0n) is 14.7. The second kappa shape index (κ2) is 8.48. The molecule has 2 rings (SSSR count). The molecule has 0 aliphatic rings. The summed E-state index contributed by atoms with van der Waals surface area (Å²) in [5.41, 5.74) is 0.835. The van der Waals surface area contributed by atoms with Crippen LogP contribution in [0.5, 0.6) is 0 Å². The maximum atomic E-state index is 12.5. The second-order valence-electron chi connectivity index (χ2n) is 6.35. The molecule has 0 radical (unpaired) electrons. The summed E-state index contributed by atoms with van der Waals surface area (Å²) in [6, 6.07) is 10.0. The normalized spacial score (nSPS) is 12.0. The quantitative estimate of drug-likeness (QED) is 0.809. The lowest BCUT2D eigenvalue weighted by Gasteiger charge is -2.20. The predicted molar refractivity (Wildman–Crippen MR) is 95.7 cm³/mol. The van der Waals surface area contributed by atoms with Gasteiger partial charge in [0.25, 0.3) is 11.8 Å². The molecule has 134 valence electrons. The summed E-state index contributed by atoms with van der Waals surface area (Å²) in [7, 11) is 1.59. The molecule has 0 spiro atoms. The van der Waals surface area contributed by atoms with Crippen molar-refractivity contribution < 1.29 is 19.1 Å². The van der Waals surface area contributed by atoms with Crippen molar-refractivity contribution in [3.05, 3.63) is 54.0 Å². The topological polar surface area (TPSA) is 82.8 Å². The molecule has 2 amide bonds. The van der Waals surface area contributed by atoms with E-state index in [2.05, 4.69) is 5.32 Å². The average Bonchev–Trinajstić information content (AvgIpc) is 3.12. The van der Waals surface area contributed by atoms with Gasteiger partial charge in [0.2, 0.25) is 0 Å². The zero-order chi connectivity index (χ0) is 18.4. The molecule has 2 aromatic rings. The van der Waals surface area contributed by atoms with Gasteiger partial charge in [-0.25, -0.2) is 0 Å². The molecule has 1 aromatic heterocycles. The number of anilines is 1. The number of rotatable bonds is 7. The van der Waals surface area contributed by atoms with E-state index in [0.29, 0.717) is 23.6 Å². The minimum Gasteiger partial charge on any atom is -0.459 e. The Labute approximate surface area is 147 Å². The highest BCUT2D eigenvalue weighted by molar-refractivity contribution is 6.09. The monoisotopic (exact) mass is 344 g/mol. The van der Waals surface area contributed by atoms with Crippen LogP contribution in [0.2, 0.25) is 0 Å². The van der Waals surface area contributed by atoms with Crippen LogP contribution in [0.4, 0.5) is 5.69 Å². The Kier molecular flexibility index (Phi) is 6.36. The number of furan rings is 1. The minimum atomic E-state index is -0.599. The van der Waals surface area contributed by atoms with E-state index in [4.69, 9.17) is 4.42 Å². The van der Waals surface area contributed by atoms with Crippen LogP contribution in [0.1, 0.15) is 41.2 Å². The van der Waals surface area contributed by atoms with Crippen LogP contribution >= 0.6 is 0 Å². The van der Waals surface area contributed by atoms with E-state index in [-0.39, 0.29) is 24.1 Å². The number of benzene rings is 1. The third kappa shape index (κ3) is 4.93. The third-order valence-corrected chi connectivity index (χ3v) is 3.79. The highest BCUT2D eigenvalue weighted by Crippen LogP contribution is 2.21. The fraction of sp³-hybridized carbons (Fsp3) is 0.368. The number of nitrogens with zero attached hydrogens (tertiary/aromatic N) is 1. The van der Waals surface area contributed by atoms with E-state index < -0.39 is 6.10 Å². The molecular formula is C19H24N2O4. The summed E-state index contributed by atoms with van der Waals surface area (Å²) in [5.74, 6) is -0.135. The van der Waals surface area contributed by atoms with Crippen LogP contribution in [0.15, 0.2) is 47.1 Å². The minimum absolute atomic E-state index is 0.168. The van der Waals surface area contributed by atoms with Gasteiger partial charge in [-0.15, -0.1) is 0 Å². The van der Waals surface area contributed by atoms with Crippen LogP contribution in [0, 0.1) is 5.92 Å². The van der Waals surface area contributed by atoms with Crippen molar-refractivity contribution >= 4 is 17.5 Å². The van der Waals surface area contributed by atoms with Gasteiger partial charge in [-0.3, -0.25) is 9.59 Å². The number of aliphatic hydroxyl groups is 1. The molecule has 0 saturated carbocycles. The molecule has 0 aliphatic heterocycles. The Morgan fingerprint density at radius 2 is 1.92 bits per heavy atom. The summed E-state index contributed by atoms with van der Waals surface area (Å²) in [4.78, 5) is 26.3. The molecule has 6 heteroatoms. The Morgan fingerprint density at radius 3 is 2.56 bits per heavy atom. The molecule has 0 aliphatic carbocycles. The summed E-state index contributed by atoms with van der Waals surface area (Å²) in [6.45, 7) is 4.19. The van der Waals surface area contributed by atoms with Gasteiger partial charge in [-0.1, -0.05) is 26.0 Å². The first-order valence-electron chi connectivity index (χ1n) is 8.27. The van der Waals surface area contributed by atoms with E-state index in [9.17, 15) is 14.7 Å². The zero-order valence-corrected chi connectivity index (χ0v) is 14.7. The van der Waals surface area contributed by atoms with Gasteiger partial charge < -0.3 is 19.7 Å². The van der Waals surface area contributed by atoms with Gasteiger partial charge in [0.1, 0.15) is 0 Å². The molecule has 1 unspecified atom stereocenters. The summed E-state index contributed by atoms with van der Waals surface area (Å²) >= 11 is 0. The standard InChI is InChI=1S/C19H24N2O4/c1-13(2)11-14(22)12-20-18(23)15-7-4-5-8-16(15)21(3)19(24)17-9-6-10-25-17/h4-10,13-14,22H,11-12H2,1-3H3,(H,20,23). The number of amides is 2. The lowest BCUT2D eigenvalue weighted by atomic mass is 10.1. The first kappa shape index (κ1) is 18.7. The number of aliphatic hydroxyl groups excluding tert-OH is 1. The van der Waals surface area contributed by atoms with E-state index in [0.717, 1.165) is 0 Å². The van der Waals surface area contributed by atoms with Crippen LogP contribution in [-0.2, 0) is 0 Å². The SMILES string of the molecule is CC(C)CC(O)CNC(=O)c1ccccc1N(C)C(=O)c1ccco1. The molecule has 0 fully saturated rings. The summed E-state index contributed by atoms with van der Waals surface area (Å²) < 4.78 is 5.13. The Morgan fingerprint density at radius 1 is 1.20 bits per heavy atom. The number of carbonyl (C=O) groups is 2. The number of hydrogen-bond acceptors (Lipinski definition) is 4. The summed E-state index contributed by atoms with van der Waals surface area (Å²) in [6.07, 6.45) is 1.44. The van der Waals surface area contributed by atoms with Gasteiger partial charge in [-0.05, 0) is 36.6 Å². The van der Waals surface area contributed by atoms with Crippen LogP contribution in [0.3, 0.4) is 0 Å². The van der Waals surface area contributed by atoms with Gasteiger partial charge >= 0.3 is 0 Å². The Bertz CT molecular complexity index is 710. The lowest BCUT2D eigenvalue weighted by Crippen LogP contribution is -2.34. The molecule has 6 nitrogen and oxygen atoms in total. The maximum Gasteiger partial charge on any atom is 0.293 e. The van der Waals surface area contributed by atoms with E-state index in [1.807, 2.05) is 13.8 Å². The molecule has 1 aromatic carbocycles. The first-order chi connectivity index (χ1) is 11.9. The number of hydrogen-bond donors (Lipinski definition) is 2. The van der Waals surface area contributed by atoms with Crippen molar-refractivity contribution in [3.63, 3.8) is 0 Å². The smallest absolute Gasteiger partial charge is 0.293 e. The number of nitrogens with one attached hydrogen (secondary N) is 1. The van der Waals surface area contributed by atoms with Gasteiger partial charge in [0.05, 0.1) is 23.6 Å². The van der Waals surface area contributed by atoms with Crippen LogP contribution in [0.25, 0.3) is 0 Å². The largest absolute Gasteiger partial charge is 0.459 e. The van der Waals surface area contributed by atoms with Crippen molar-refractivity contribution in [2.24, 2.45) is 5.92 Å². The van der Waals surface area contributed by atoms with E-state index in [1.165, 1.54) is 11.2 Å². The fourth-order valence-electron chi connectivity index (χ4n) is 2.57. The lowest BCUT2D eigenvalue weighted by molar-refractivity contribution is 0.0900. The number of para-hydroxylation sites is 1. The average molecular weight is 344 g/mol. The second-order valence-corrected chi connectivity index (χ2v) is 6.35.